The summed E-state index contributed by atoms with van der Waals surface area (Å²) in [6.45, 7) is 9.09. The molecule has 1 aromatic carbocycles. The van der Waals surface area contributed by atoms with Crippen LogP contribution in [0, 0.1) is 12.7 Å². The van der Waals surface area contributed by atoms with Crippen LogP contribution in [0.3, 0.4) is 0 Å². The van der Waals surface area contributed by atoms with E-state index < -0.39 is 0 Å². The number of hydrogen-bond acceptors (Lipinski definition) is 3. The quantitative estimate of drug-likeness (QED) is 0.857. The van der Waals surface area contributed by atoms with Gasteiger partial charge in [0.2, 0.25) is 5.91 Å². The summed E-state index contributed by atoms with van der Waals surface area (Å²) >= 11 is 0. The minimum atomic E-state index is -0.364. The lowest BCUT2D eigenvalue weighted by molar-refractivity contribution is -0.132. The summed E-state index contributed by atoms with van der Waals surface area (Å²) in [5, 5.41) is 2.97. The van der Waals surface area contributed by atoms with E-state index in [1.54, 1.807) is 19.1 Å². The van der Waals surface area contributed by atoms with Crippen molar-refractivity contribution in [3.63, 3.8) is 0 Å². The highest BCUT2D eigenvalue weighted by Gasteiger charge is 2.23. The third-order valence-electron chi connectivity index (χ3n) is 4.83. The van der Waals surface area contributed by atoms with Crippen molar-refractivity contribution in [2.24, 2.45) is 0 Å². The van der Waals surface area contributed by atoms with Gasteiger partial charge in [0.15, 0.2) is 0 Å². The van der Waals surface area contributed by atoms with Gasteiger partial charge >= 0.3 is 0 Å². The van der Waals surface area contributed by atoms with Crippen molar-refractivity contribution < 1.29 is 14.0 Å². The number of halogens is 1. The minimum absolute atomic E-state index is 0.0664. The van der Waals surface area contributed by atoms with Crippen molar-refractivity contribution in [3.8, 4) is 0 Å². The number of nitrogens with one attached hydrogen (secondary N) is 1. The van der Waals surface area contributed by atoms with Gasteiger partial charge < -0.3 is 10.2 Å². The van der Waals surface area contributed by atoms with Crippen LogP contribution in [-0.2, 0) is 4.79 Å². The third kappa shape index (κ3) is 5.26. The van der Waals surface area contributed by atoms with Gasteiger partial charge in [0.1, 0.15) is 5.82 Å². The molecule has 1 N–H and O–H groups in total. The molecule has 138 valence electrons. The summed E-state index contributed by atoms with van der Waals surface area (Å²) in [6.07, 6.45) is 1.59. The first-order valence-electron chi connectivity index (χ1n) is 9.01. The van der Waals surface area contributed by atoms with Crippen LogP contribution in [0.2, 0.25) is 0 Å². The molecule has 2 amide bonds. The largest absolute Gasteiger partial charge is 0.349 e. The Hall–Kier alpha value is -1.95. The van der Waals surface area contributed by atoms with Gasteiger partial charge in [0, 0.05) is 37.8 Å². The molecule has 0 aromatic heterocycles. The van der Waals surface area contributed by atoms with Crippen LogP contribution in [0.15, 0.2) is 18.2 Å². The SMILES string of the molecule is CCN(CC)C(=O)CN1CCC(NC(=O)c2ccc(C)c(F)c2)CC1. The highest BCUT2D eigenvalue weighted by molar-refractivity contribution is 5.94. The molecular formula is C19H28FN3O2. The zero-order chi connectivity index (χ0) is 18.4. The lowest BCUT2D eigenvalue weighted by Crippen LogP contribution is -2.48. The molecule has 0 saturated carbocycles. The number of nitrogens with zero attached hydrogens (tertiary/aromatic N) is 2. The van der Waals surface area contributed by atoms with Crippen LogP contribution in [0.1, 0.15) is 42.6 Å². The number of likely N-dealkylation sites (N-methyl/N-ethyl adjacent to an activating group) is 1. The Morgan fingerprint density at radius 3 is 2.44 bits per heavy atom. The average Bonchev–Trinajstić information content (AvgIpc) is 2.60. The molecule has 1 aromatic rings. The summed E-state index contributed by atoms with van der Waals surface area (Å²) in [6, 6.07) is 4.61. The number of carbonyl (C=O) groups excluding carboxylic acids is 2. The predicted molar refractivity (Wildman–Crippen MR) is 96.0 cm³/mol. The van der Waals surface area contributed by atoms with E-state index in [4.69, 9.17) is 0 Å². The molecule has 0 bridgehead atoms. The summed E-state index contributed by atoms with van der Waals surface area (Å²) in [7, 11) is 0. The Kier molecular flexibility index (Phi) is 6.93. The molecule has 0 spiro atoms. The monoisotopic (exact) mass is 349 g/mol. The molecule has 5 nitrogen and oxygen atoms in total. The molecule has 6 heteroatoms. The Morgan fingerprint density at radius 1 is 1.24 bits per heavy atom. The Balaban J connectivity index is 1.81. The smallest absolute Gasteiger partial charge is 0.251 e. The molecule has 1 heterocycles. The first-order valence-corrected chi connectivity index (χ1v) is 9.01. The summed E-state index contributed by atoms with van der Waals surface area (Å²) < 4.78 is 13.6. The lowest BCUT2D eigenvalue weighted by atomic mass is 10.0. The highest BCUT2D eigenvalue weighted by Crippen LogP contribution is 2.13. The molecule has 2 rings (SSSR count). The van der Waals surface area contributed by atoms with Crippen molar-refractivity contribution in [2.75, 3.05) is 32.7 Å². The second-order valence-corrected chi connectivity index (χ2v) is 6.55. The number of piperidine rings is 1. The molecule has 0 radical (unpaired) electrons. The second kappa shape index (κ2) is 8.94. The molecule has 1 fully saturated rings. The van der Waals surface area contributed by atoms with Gasteiger partial charge in [-0.25, -0.2) is 4.39 Å². The number of benzene rings is 1. The molecule has 1 saturated heterocycles. The topological polar surface area (TPSA) is 52.7 Å². The number of hydrogen-bond donors (Lipinski definition) is 1. The fourth-order valence-corrected chi connectivity index (χ4v) is 3.11. The number of amides is 2. The maximum Gasteiger partial charge on any atom is 0.251 e. The first kappa shape index (κ1) is 19.4. The van der Waals surface area contributed by atoms with Gasteiger partial charge in [-0.3, -0.25) is 14.5 Å². The summed E-state index contributed by atoms with van der Waals surface area (Å²) in [5.41, 5.74) is 0.880. The molecule has 0 aliphatic carbocycles. The fourth-order valence-electron chi connectivity index (χ4n) is 3.11. The molecule has 1 aliphatic rings. The Labute approximate surface area is 149 Å². The van der Waals surface area contributed by atoms with Crippen molar-refractivity contribution in [2.45, 2.75) is 39.7 Å². The van der Waals surface area contributed by atoms with Crippen molar-refractivity contribution >= 4 is 11.8 Å². The van der Waals surface area contributed by atoms with Crippen molar-refractivity contribution in [3.05, 3.63) is 35.1 Å². The number of likely N-dealkylation sites (tertiary alicyclic amines) is 1. The average molecular weight is 349 g/mol. The Bertz CT molecular complexity index is 609. The number of aryl methyl sites for hydroxylation is 1. The van der Waals surface area contributed by atoms with Crippen LogP contribution < -0.4 is 5.32 Å². The second-order valence-electron chi connectivity index (χ2n) is 6.55. The zero-order valence-electron chi connectivity index (χ0n) is 15.3. The van der Waals surface area contributed by atoms with E-state index in [1.165, 1.54) is 6.07 Å². The normalized spacial score (nSPS) is 15.8. The van der Waals surface area contributed by atoms with Gasteiger partial charge in [-0.15, -0.1) is 0 Å². The minimum Gasteiger partial charge on any atom is -0.349 e. The van der Waals surface area contributed by atoms with E-state index in [0.29, 0.717) is 17.7 Å². The van der Waals surface area contributed by atoms with E-state index in [2.05, 4.69) is 10.2 Å². The molecule has 25 heavy (non-hydrogen) atoms. The van der Waals surface area contributed by atoms with Crippen LogP contribution in [0.4, 0.5) is 4.39 Å². The van der Waals surface area contributed by atoms with Crippen molar-refractivity contribution in [1.29, 1.82) is 0 Å². The van der Waals surface area contributed by atoms with Crippen LogP contribution in [-0.4, -0.2) is 60.4 Å². The van der Waals surface area contributed by atoms with E-state index in [1.807, 2.05) is 18.7 Å². The summed E-state index contributed by atoms with van der Waals surface area (Å²) in [5.74, 6) is -0.448. The van der Waals surface area contributed by atoms with Gasteiger partial charge in [0.25, 0.3) is 5.91 Å². The maximum atomic E-state index is 13.6. The van der Waals surface area contributed by atoms with Crippen LogP contribution >= 0.6 is 0 Å². The van der Waals surface area contributed by atoms with Gasteiger partial charge in [-0.05, 0) is 51.3 Å². The maximum absolute atomic E-state index is 13.6. The zero-order valence-corrected chi connectivity index (χ0v) is 15.3. The fraction of sp³-hybridized carbons (Fsp3) is 0.579. The van der Waals surface area contributed by atoms with Gasteiger partial charge in [-0.2, -0.15) is 0 Å². The molecule has 0 atom stereocenters. The number of rotatable bonds is 6. The third-order valence-corrected chi connectivity index (χ3v) is 4.83. The van der Waals surface area contributed by atoms with E-state index in [-0.39, 0.29) is 23.7 Å². The lowest BCUT2D eigenvalue weighted by Gasteiger charge is -2.33. The van der Waals surface area contributed by atoms with Gasteiger partial charge in [-0.1, -0.05) is 6.07 Å². The van der Waals surface area contributed by atoms with Crippen LogP contribution in [0.25, 0.3) is 0 Å². The standard InChI is InChI=1S/C19H28FN3O2/c1-4-23(5-2)18(24)13-22-10-8-16(9-11-22)21-19(25)15-7-6-14(3)17(20)12-15/h6-7,12,16H,4-5,8-11,13H2,1-3H3,(H,21,25). The first-order chi connectivity index (χ1) is 11.9. The predicted octanol–water partition coefficient (Wildman–Crippen LogP) is 2.20. The van der Waals surface area contributed by atoms with E-state index in [0.717, 1.165) is 39.0 Å². The highest BCUT2D eigenvalue weighted by atomic mass is 19.1. The molecule has 0 unspecified atom stereocenters. The van der Waals surface area contributed by atoms with E-state index >= 15 is 0 Å². The number of carbonyl (C=O) groups is 2. The van der Waals surface area contributed by atoms with E-state index in [9.17, 15) is 14.0 Å². The summed E-state index contributed by atoms with van der Waals surface area (Å²) in [4.78, 5) is 28.4. The van der Waals surface area contributed by atoms with Crippen LogP contribution in [0.5, 0.6) is 0 Å². The van der Waals surface area contributed by atoms with Gasteiger partial charge in [0.05, 0.1) is 6.54 Å². The molecular weight excluding hydrogens is 321 g/mol. The Morgan fingerprint density at radius 2 is 1.88 bits per heavy atom. The molecule has 1 aliphatic heterocycles. The van der Waals surface area contributed by atoms with Crippen molar-refractivity contribution in [1.82, 2.24) is 15.1 Å².